The summed E-state index contributed by atoms with van der Waals surface area (Å²) in [4.78, 5) is 12.3. The predicted molar refractivity (Wildman–Crippen MR) is 95.0 cm³/mol. The molecule has 0 bridgehead atoms. The maximum absolute atomic E-state index is 13.0. The van der Waals surface area contributed by atoms with Crippen LogP contribution in [0, 0.1) is 0 Å². The van der Waals surface area contributed by atoms with E-state index in [2.05, 4.69) is 0 Å². The molecule has 8 heteroatoms. The summed E-state index contributed by atoms with van der Waals surface area (Å²) in [5, 5.41) is -0.162. The number of methoxy groups -OCH3 is 2. The van der Waals surface area contributed by atoms with Crippen molar-refractivity contribution in [1.82, 2.24) is 0 Å². The first-order valence-corrected chi connectivity index (χ1v) is 9.50. The Morgan fingerprint density at radius 1 is 1.00 bits per heavy atom. The average molecular weight is 372 g/mol. The van der Waals surface area contributed by atoms with Gasteiger partial charge in [-0.3, -0.25) is 4.57 Å². The van der Waals surface area contributed by atoms with Crippen LogP contribution in [0.3, 0.4) is 0 Å². The minimum absolute atomic E-state index is 0.125. The summed E-state index contributed by atoms with van der Waals surface area (Å²) < 4.78 is 39.1. The Morgan fingerprint density at radius 2 is 1.60 bits per heavy atom. The van der Waals surface area contributed by atoms with Crippen molar-refractivity contribution in [2.75, 3.05) is 34.0 Å². The first-order valence-electron chi connectivity index (χ1n) is 7.96. The average Bonchev–Trinajstić information content (AvgIpc) is 2.59. The summed E-state index contributed by atoms with van der Waals surface area (Å²) in [7, 11) is -0.782. The van der Waals surface area contributed by atoms with E-state index < -0.39 is 13.6 Å². The third kappa shape index (κ3) is 5.59. The molecule has 140 valence electrons. The highest BCUT2D eigenvalue weighted by Crippen LogP contribution is 2.57. The van der Waals surface area contributed by atoms with Crippen molar-refractivity contribution in [3.63, 3.8) is 0 Å². The monoisotopic (exact) mass is 372 g/mol. The molecular formula is C17H25O7P. The summed E-state index contributed by atoms with van der Waals surface area (Å²) in [6.07, 6.45) is 1.42. The van der Waals surface area contributed by atoms with E-state index in [0.717, 1.165) is 0 Å². The van der Waals surface area contributed by atoms with Crippen molar-refractivity contribution in [3.8, 4) is 11.5 Å². The van der Waals surface area contributed by atoms with E-state index in [0.29, 0.717) is 17.1 Å². The van der Waals surface area contributed by atoms with E-state index in [1.807, 2.05) is 0 Å². The Bertz CT molecular complexity index is 644. The van der Waals surface area contributed by atoms with Gasteiger partial charge in [-0.25, -0.2) is 4.79 Å². The van der Waals surface area contributed by atoms with Gasteiger partial charge in [0.1, 0.15) is 5.31 Å². The second kappa shape index (κ2) is 10.2. The Kier molecular flexibility index (Phi) is 8.69. The molecule has 0 atom stereocenters. The fraction of sp³-hybridized carbons (Fsp3) is 0.471. The number of carbonyl (C=O) groups excluding carboxylic acids is 1. The molecule has 0 aliphatic heterocycles. The largest absolute Gasteiger partial charge is 0.493 e. The van der Waals surface area contributed by atoms with Gasteiger partial charge in [-0.05, 0) is 44.5 Å². The smallest absolute Gasteiger partial charge is 0.368 e. The Morgan fingerprint density at radius 3 is 2.08 bits per heavy atom. The van der Waals surface area contributed by atoms with E-state index in [4.69, 9.17) is 23.3 Å². The van der Waals surface area contributed by atoms with Crippen molar-refractivity contribution >= 4 is 19.6 Å². The zero-order chi connectivity index (χ0) is 18.9. The molecule has 1 aromatic rings. The molecule has 0 saturated carbocycles. The normalized spacial score (nSPS) is 12.0. The lowest BCUT2D eigenvalue weighted by Gasteiger charge is -2.19. The zero-order valence-electron chi connectivity index (χ0n) is 15.2. The lowest BCUT2D eigenvalue weighted by molar-refractivity contribution is -0.137. The highest BCUT2D eigenvalue weighted by Gasteiger charge is 2.36. The molecule has 7 nitrogen and oxygen atoms in total. The Hall–Kier alpha value is -1.82. The highest BCUT2D eigenvalue weighted by atomic mass is 31.2. The number of hydrogen-bond acceptors (Lipinski definition) is 7. The van der Waals surface area contributed by atoms with Crippen LogP contribution in [0.25, 0.3) is 6.08 Å². The lowest BCUT2D eigenvalue weighted by atomic mass is 10.2. The molecular weight excluding hydrogens is 347 g/mol. The molecule has 0 aliphatic rings. The Balaban J connectivity index is 3.43. The van der Waals surface area contributed by atoms with Gasteiger partial charge in [0.05, 0.1) is 34.0 Å². The second-order valence-corrected chi connectivity index (χ2v) is 6.69. The predicted octanol–water partition coefficient (Wildman–Crippen LogP) is 3.87. The van der Waals surface area contributed by atoms with Crippen LogP contribution in [0.5, 0.6) is 11.5 Å². The summed E-state index contributed by atoms with van der Waals surface area (Å²) >= 11 is 0. The van der Waals surface area contributed by atoms with Gasteiger partial charge in [-0.2, -0.15) is 0 Å². The maximum Gasteiger partial charge on any atom is 0.368 e. The molecule has 0 heterocycles. The van der Waals surface area contributed by atoms with Crippen LogP contribution >= 0.6 is 7.60 Å². The molecule has 0 unspecified atom stereocenters. The molecule has 0 radical (unpaired) electrons. The van der Waals surface area contributed by atoms with E-state index in [9.17, 15) is 9.36 Å². The van der Waals surface area contributed by atoms with Gasteiger partial charge in [0, 0.05) is 0 Å². The number of ether oxygens (including phenoxy) is 3. The quantitative estimate of drug-likeness (QED) is 0.350. The molecule has 1 rings (SSSR count). The topological polar surface area (TPSA) is 80.3 Å². The number of rotatable bonds is 10. The van der Waals surface area contributed by atoms with Gasteiger partial charge in [0.2, 0.25) is 0 Å². The minimum Gasteiger partial charge on any atom is -0.493 e. The van der Waals surface area contributed by atoms with Crippen molar-refractivity contribution in [2.24, 2.45) is 0 Å². The van der Waals surface area contributed by atoms with Crippen molar-refractivity contribution in [1.29, 1.82) is 0 Å². The van der Waals surface area contributed by atoms with Gasteiger partial charge in [-0.1, -0.05) is 6.07 Å². The standard InChI is InChI=1S/C17H25O7P/c1-6-22-17(18)16(25(19,23-7-2)24-8-3)12-13-9-10-14(20-4)15(11-13)21-5/h9-12H,6-8H2,1-5H3/b16-12+. The van der Waals surface area contributed by atoms with Crippen molar-refractivity contribution < 1.29 is 32.6 Å². The molecule has 1 aromatic carbocycles. The van der Waals surface area contributed by atoms with Crippen LogP contribution in [0.1, 0.15) is 26.3 Å². The van der Waals surface area contributed by atoms with E-state index in [-0.39, 0.29) is 25.1 Å². The molecule has 0 aliphatic carbocycles. The van der Waals surface area contributed by atoms with Gasteiger partial charge >= 0.3 is 13.6 Å². The van der Waals surface area contributed by atoms with Crippen LogP contribution in [-0.2, 0) is 23.1 Å². The molecule has 0 fully saturated rings. The SMILES string of the molecule is CCOC(=O)/C(=C\c1ccc(OC)c(OC)c1)P(=O)(OCC)OCC. The fourth-order valence-electron chi connectivity index (χ4n) is 2.07. The number of esters is 1. The molecule has 0 amide bonds. The molecule has 0 saturated heterocycles. The highest BCUT2D eigenvalue weighted by molar-refractivity contribution is 7.60. The molecule has 0 N–H and O–H groups in total. The van der Waals surface area contributed by atoms with E-state index >= 15 is 0 Å². The van der Waals surface area contributed by atoms with E-state index in [1.54, 1.807) is 39.0 Å². The number of carbonyl (C=O) groups is 1. The zero-order valence-corrected chi connectivity index (χ0v) is 16.1. The third-order valence-corrected chi connectivity index (χ3v) is 5.19. The summed E-state index contributed by atoms with van der Waals surface area (Å²) in [6.45, 7) is 5.40. The first kappa shape index (κ1) is 21.2. The van der Waals surface area contributed by atoms with E-state index in [1.165, 1.54) is 20.3 Å². The summed E-state index contributed by atoms with van der Waals surface area (Å²) in [5.74, 6) is 0.264. The number of benzene rings is 1. The summed E-state index contributed by atoms with van der Waals surface area (Å²) in [5.41, 5.74) is 0.570. The van der Waals surface area contributed by atoms with Crippen molar-refractivity contribution in [3.05, 3.63) is 29.1 Å². The van der Waals surface area contributed by atoms with Crippen LogP contribution < -0.4 is 9.47 Å². The Labute approximate surface area is 148 Å². The second-order valence-electron chi connectivity index (χ2n) is 4.70. The molecule has 0 aromatic heterocycles. The number of hydrogen-bond donors (Lipinski definition) is 0. The first-order chi connectivity index (χ1) is 11.9. The van der Waals surface area contributed by atoms with Crippen LogP contribution in [0.15, 0.2) is 23.5 Å². The molecule has 25 heavy (non-hydrogen) atoms. The summed E-state index contributed by atoms with van der Waals surface area (Å²) in [6, 6.07) is 5.03. The van der Waals surface area contributed by atoms with Crippen molar-refractivity contribution in [2.45, 2.75) is 20.8 Å². The van der Waals surface area contributed by atoms with Gasteiger partial charge in [0.15, 0.2) is 11.5 Å². The maximum atomic E-state index is 13.0. The van der Waals surface area contributed by atoms with Gasteiger partial charge in [-0.15, -0.1) is 0 Å². The van der Waals surface area contributed by atoms with Crippen LogP contribution in [0.2, 0.25) is 0 Å². The van der Waals surface area contributed by atoms with Crippen LogP contribution in [-0.4, -0.2) is 40.0 Å². The minimum atomic E-state index is -3.81. The van der Waals surface area contributed by atoms with Gasteiger partial charge < -0.3 is 23.3 Å². The lowest BCUT2D eigenvalue weighted by Crippen LogP contribution is -2.11. The fourth-order valence-corrected chi connectivity index (χ4v) is 3.70. The van der Waals surface area contributed by atoms with Gasteiger partial charge in [0.25, 0.3) is 0 Å². The molecule has 0 spiro atoms. The third-order valence-electron chi connectivity index (χ3n) is 3.09. The van der Waals surface area contributed by atoms with Crippen LogP contribution in [0.4, 0.5) is 0 Å².